The minimum absolute atomic E-state index is 0.0423. The van der Waals surface area contributed by atoms with Crippen molar-refractivity contribution in [3.63, 3.8) is 0 Å². The molecule has 3 aromatic heterocycles. The number of phenolic OH excluding ortho intramolecular Hbond substituents is 1. The molecule has 2 bridgehead atoms. The molecule has 1 unspecified atom stereocenters. The molecule has 6 atom stereocenters. The summed E-state index contributed by atoms with van der Waals surface area (Å²) in [7, 11) is 0. The first-order valence-corrected chi connectivity index (χ1v) is 20.1. The van der Waals surface area contributed by atoms with E-state index in [4.69, 9.17) is 25.9 Å². The zero-order chi connectivity index (χ0) is 42.7. The Bertz CT molecular complexity index is 2670. The number of anilines is 3. The predicted octanol–water partition coefficient (Wildman–Crippen LogP) is 5.93. The number of aromatic nitrogens is 4. The number of terminal acetylenes is 1. The van der Waals surface area contributed by atoms with Crippen molar-refractivity contribution in [2.24, 2.45) is 5.92 Å². The van der Waals surface area contributed by atoms with E-state index in [1.807, 2.05) is 28.9 Å². The predicted molar refractivity (Wildman–Crippen MR) is 223 cm³/mol. The summed E-state index contributed by atoms with van der Waals surface area (Å²) in [4.78, 5) is 39.2. The van der Waals surface area contributed by atoms with Crippen molar-refractivity contribution < 1.29 is 32.5 Å². The maximum atomic E-state index is 17.3. The first kappa shape index (κ1) is 39.8. The average Bonchev–Trinajstić information content (AvgIpc) is 3.69. The summed E-state index contributed by atoms with van der Waals surface area (Å²) in [6, 6.07) is 10.5. The molecule has 5 aromatic rings. The zero-order valence-electron chi connectivity index (χ0n) is 33.6. The van der Waals surface area contributed by atoms with Gasteiger partial charge in [-0.1, -0.05) is 18.6 Å². The SMILES string of the molecule is C#Cc1c(F)ccc2cc(O)cc(-c3ncc4c(N5C[C@H]6CC(C#N)[C@@H](C5)N6C(=O)C=C)nc(OC[C@]5(C)C[C@@H](F)CN5c5ccc(N6CCOC[C@@H]6C)cn5)nc4c3F)c12. The molecule has 9 rings (SSSR count). The van der Waals surface area contributed by atoms with E-state index in [9.17, 15) is 15.2 Å². The Morgan fingerprint density at radius 1 is 1.16 bits per heavy atom. The highest BCUT2D eigenvalue weighted by atomic mass is 19.1. The Hall–Kier alpha value is -6.65. The minimum Gasteiger partial charge on any atom is -0.508 e. The fourth-order valence-electron chi connectivity index (χ4n) is 9.61. The van der Waals surface area contributed by atoms with Crippen molar-refractivity contribution in [2.75, 3.05) is 60.7 Å². The molecule has 1 amide bonds. The molecule has 0 aliphatic carbocycles. The number of hydrogen-bond donors (Lipinski definition) is 1. The number of benzene rings is 2. The maximum Gasteiger partial charge on any atom is 0.319 e. The van der Waals surface area contributed by atoms with Gasteiger partial charge < -0.3 is 34.2 Å². The second-order valence-corrected chi connectivity index (χ2v) is 16.4. The number of ether oxygens (including phenoxy) is 2. The number of morpholine rings is 1. The van der Waals surface area contributed by atoms with E-state index >= 15 is 13.2 Å². The van der Waals surface area contributed by atoms with Crippen LogP contribution in [0.1, 0.15) is 32.3 Å². The van der Waals surface area contributed by atoms with Crippen LogP contribution in [0.4, 0.5) is 30.5 Å². The van der Waals surface area contributed by atoms with Gasteiger partial charge in [0, 0.05) is 49.2 Å². The normalized spacial score (nSPS) is 24.9. The molecule has 312 valence electrons. The van der Waals surface area contributed by atoms with Crippen molar-refractivity contribution in [3.8, 4) is 41.4 Å². The average molecular weight is 830 g/mol. The highest BCUT2D eigenvalue weighted by Crippen LogP contribution is 2.42. The van der Waals surface area contributed by atoms with E-state index in [1.165, 1.54) is 36.5 Å². The largest absolute Gasteiger partial charge is 0.508 e. The number of hydrogen-bond acceptors (Lipinski definition) is 12. The van der Waals surface area contributed by atoms with E-state index in [0.717, 1.165) is 12.2 Å². The van der Waals surface area contributed by atoms with Crippen LogP contribution >= 0.6 is 0 Å². The van der Waals surface area contributed by atoms with E-state index < -0.39 is 35.3 Å². The first-order valence-electron chi connectivity index (χ1n) is 20.1. The van der Waals surface area contributed by atoms with Gasteiger partial charge in [-0.25, -0.2) is 18.2 Å². The smallest absolute Gasteiger partial charge is 0.319 e. The lowest BCUT2D eigenvalue weighted by atomic mass is 9.96. The first-order chi connectivity index (χ1) is 29.4. The molecule has 4 saturated heterocycles. The fourth-order valence-corrected chi connectivity index (χ4v) is 9.61. The van der Waals surface area contributed by atoms with Gasteiger partial charge in [-0.05, 0) is 62.1 Å². The molecule has 16 heteroatoms. The van der Waals surface area contributed by atoms with Gasteiger partial charge in [-0.2, -0.15) is 15.2 Å². The second kappa shape index (κ2) is 15.4. The number of aromatic hydroxyl groups is 1. The number of phenols is 1. The summed E-state index contributed by atoms with van der Waals surface area (Å²) in [6.07, 6.45) is 9.48. The molecule has 4 aliphatic heterocycles. The fraction of sp³-hybridized carbons (Fsp3) is 0.378. The molecular weight excluding hydrogens is 788 g/mol. The van der Waals surface area contributed by atoms with Crippen LogP contribution in [0.25, 0.3) is 32.9 Å². The van der Waals surface area contributed by atoms with Crippen LogP contribution in [-0.2, 0) is 9.53 Å². The van der Waals surface area contributed by atoms with E-state index in [2.05, 4.69) is 40.4 Å². The third-order valence-electron chi connectivity index (χ3n) is 12.5. The summed E-state index contributed by atoms with van der Waals surface area (Å²) in [5.74, 6) is 0.571. The van der Waals surface area contributed by atoms with Crippen molar-refractivity contribution in [2.45, 2.75) is 56.5 Å². The van der Waals surface area contributed by atoms with Crippen LogP contribution in [0.3, 0.4) is 0 Å². The standard InChI is InChI=1S/C45H42F3N9O4/c1-5-32-35(47)9-7-26-14-31(58)15-33(39(26)32)41-40(48)42-34(19-51-41)43(54-21-30-13-27(17-49)36(22-54)57(30)38(59)6-2)53-44(52-42)61-24-45(4)16-28(46)20-56(45)37-10-8-29(18-50-37)55-11-12-60-23-25(55)3/h1,6-10,14-15,18-19,25,27-28,30,36,58H,2,11-13,16,20-24H2,3-4H3/t25-,27?,28+,30+,36+,45-/m0/s1. The van der Waals surface area contributed by atoms with Crippen molar-refractivity contribution in [3.05, 3.63) is 78.6 Å². The summed E-state index contributed by atoms with van der Waals surface area (Å²) in [5.41, 5.74) is -0.527. The monoisotopic (exact) mass is 829 g/mol. The van der Waals surface area contributed by atoms with Crippen LogP contribution in [0.2, 0.25) is 0 Å². The Balaban J connectivity index is 1.12. The van der Waals surface area contributed by atoms with Gasteiger partial charge in [0.25, 0.3) is 0 Å². The molecule has 4 fully saturated rings. The minimum atomic E-state index is -1.19. The van der Waals surface area contributed by atoms with Crippen molar-refractivity contribution in [1.29, 1.82) is 5.26 Å². The maximum absolute atomic E-state index is 17.3. The van der Waals surface area contributed by atoms with Gasteiger partial charge in [0.15, 0.2) is 5.82 Å². The van der Waals surface area contributed by atoms with Crippen LogP contribution in [0, 0.1) is 41.2 Å². The Labute approximate surface area is 350 Å². The number of rotatable bonds is 8. The van der Waals surface area contributed by atoms with Crippen molar-refractivity contribution in [1.82, 2.24) is 24.8 Å². The van der Waals surface area contributed by atoms with Gasteiger partial charge in [-0.15, -0.1) is 6.42 Å². The van der Waals surface area contributed by atoms with Gasteiger partial charge >= 0.3 is 6.01 Å². The van der Waals surface area contributed by atoms with E-state index in [0.29, 0.717) is 30.8 Å². The molecular formula is C45H42F3N9O4. The number of amides is 1. The highest BCUT2D eigenvalue weighted by molar-refractivity contribution is 6.03. The highest BCUT2D eigenvalue weighted by Gasteiger charge is 2.49. The lowest BCUT2D eigenvalue weighted by Gasteiger charge is -2.41. The summed E-state index contributed by atoms with van der Waals surface area (Å²) >= 11 is 0. The van der Waals surface area contributed by atoms with Gasteiger partial charge in [0.1, 0.15) is 47.2 Å². The lowest BCUT2D eigenvalue weighted by Crippen LogP contribution is -2.56. The second-order valence-electron chi connectivity index (χ2n) is 16.4. The van der Waals surface area contributed by atoms with Gasteiger partial charge in [-0.3, -0.25) is 9.78 Å². The van der Waals surface area contributed by atoms with E-state index in [-0.39, 0.29) is 101 Å². The number of piperazine rings is 1. The van der Waals surface area contributed by atoms with E-state index in [1.54, 1.807) is 11.1 Å². The number of carbonyl (C=O) groups is 1. The Morgan fingerprint density at radius 2 is 2.00 bits per heavy atom. The number of halogens is 3. The van der Waals surface area contributed by atoms with Crippen LogP contribution in [-0.4, -0.2) is 112 Å². The van der Waals surface area contributed by atoms with Crippen LogP contribution < -0.4 is 19.4 Å². The zero-order valence-corrected chi connectivity index (χ0v) is 33.6. The molecule has 4 aliphatic rings. The van der Waals surface area contributed by atoms with Gasteiger partial charge in [0.2, 0.25) is 5.91 Å². The topological polar surface area (TPSA) is 144 Å². The molecule has 0 saturated carbocycles. The molecule has 0 spiro atoms. The number of alkyl halides is 1. The third-order valence-corrected chi connectivity index (χ3v) is 12.5. The number of nitriles is 1. The third kappa shape index (κ3) is 6.85. The number of nitrogens with zero attached hydrogens (tertiary/aromatic N) is 9. The summed E-state index contributed by atoms with van der Waals surface area (Å²) < 4.78 is 59.7. The van der Waals surface area contributed by atoms with Gasteiger partial charge in [0.05, 0.1) is 72.2 Å². The summed E-state index contributed by atoms with van der Waals surface area (Å²) in [6.45, 7) is 9.96. The molecule has 61 heavy (non-hydrogen) atoms. The molecule has 13 nitrogen and oxygen atoms in total. The molecule has 2 aromatic carbocycles. The molecule has 0 radical (unpaired) electrons. The Kier molecular flexibility index (Phi) is 10.1. The molecule has 7 heterocycles. The van der Waals surface area contributed by atoms with Crippen LogP contribution in [0.5, 0.6) is 11.8 Å². The van der Waals surface area contributed by atoms with Crippen molar-refractivity contribution >= 4 is 44.9 Å². The summed E-state index contributed by atoms with van der Waals surface area (Å²) in [5, 5.41) is 21.5. The number of fused-ring (bicyclic) bond motifs is 4. The van der Waals surface area contributed by atoms with Crippen LogP contribution in [0.15, 0.2) is 61.4 Å². The number of carbonyl (C=O) groups excluding carboxylic acids is 1. The number of pyridine rings is 2. The lowest BCUT2D eigenvalue weighted by molar-refractivity contribution is -0.129. The quantitative estimate of drug-likeness (QED) is 0.146. The molecule has 1 N–H and O–H groups in total. The Morgan fingerprint density at radius 3 is 2.74 bits per heavy atom.